The number of aromatic nitrogens is 1. The van der Waals surface area contributed by atoms with Crippen LogP contribution in [0.15, 0.2) is 67.0 Å². The summed E-state index contributed by atoms with van der Waals surface area (Å²) < 4.78 is 0. The number of fused-ring (bicyclic) bond motifs is 1. The first kappa shape index (κ1) is 23.7. The molecule has 0 spiro atoms. The Morgan fingerprint density at radius 1 is 1.06 bits per heavy atom. The number of likely N-dealkylation sites (tertiary alicyclic amines) is 1. The van der Waals surface area contributed by atoms with E-state index in [0.29, 0.717) is 31.6 Å². The minimum atomic E-state index is -0.305. The molecule has 3 heterocycles. The predicted molar refractivity (Wildman–Crippen MR) is 137 cm³/mol. The summed E-state index contributed by atoms with van der Waals surface area (Å²) in [6.07, 6.45) is 5.33. The van der Waals surface area contributed by atoms with Gasteiger partial charge in [0.25, 0.3) is 5.91 Å². The summed E-state index contributed by atoms with van der Waals surface area (Å²) >= 11 is 0. The molecule has 1 saturated heterocycles. The van der Waals surface area contributed by atoms with Gasteiger partial charge in [0, 0.05) is 43.3 Å². The molecule has 0 radical (unpaired) electrons. The number of nitrogens with zero attached hydrogens (tertiary/aromatic N) is 2. The minimum absolute atomic E-state index is 0.0256. The van der Waals surface area contributed by atoms with Gasteiger partial charge in [0.2, 0.25) is 11.8 Å². The van der Waals surface area contributed by atoms with E-state index in [0.717, 1.165) is 35.2 Å². The Morgan fingerprint density at radius 2 is 1.83 bits per heavy atom. The van der Waals surface area contributed by atoms with Crippen LogP contribution < -0.4 is 10.6 Å². The van der Waals surface area contributed by atoms with Crippen LogP contribution in [0.1, 0.15) is 51.4 Å². The van der Waals surface area contributed by atoms with Crippen LogP contribution in [0, 0.1) is 12.8 Å². The lowest BCUT2D eigenvalue weighted by Crippen LogP contribution is -2.41. The molecule has 7 nitrogen and oxygen atoms in total. The second kappa shape index (κ2) is 10.3. The van der Waals surface area contributed by atoms with E-state index in [9.17, 15) is 14.4 Å². The molecule has 184 valence electrons. The summed E-state index contributed by atoms with van der Waals surface area (Å²) in [6.45, 7) is 3.70. The van der Waals surface area contributed by atoms with Crippen LogP contribution in [0.25, 0.3) is 0 Å². The van der Waals surface area contributed by atoms with E-state index in [4.69, 9.17) is 0 Å². The summed E-state index contributed by atoms with van der Waals surface area (Å²) in [6, 6.07) is 17.2. The van der Waals surface area contributed by atoms with Gasteiger partial charge in [-0.05, 0) is 66.6 Å². The first-order valence-electron chi connectivity index (χ1n) is 12.4. The Hall–Kier alpha value is -4.00. The van der Waals surface area contributed by atoms with E-state index in [-0.39, 0.29) is 29.6 Å². The van der Waals surface area contributed by atoms with Crippen LogP contribution in [0.2, 0.25) is 0 Å². The molecule has 2 aromatic carbocycles. The third-order valence-corrected chi connectivity index (χ3v) is 7.20. The molecule has 7 heteroatoms. The van der Waals surface area contributed by atoms with Crippen molar-refractivity contribution < 1.29 is 14.4 Å². The lowest BCUT2D eigenvalue weighted by atomic mass is 9.80. The molecule has 5 rings (SSSR count). The van der Waals surface area contributed by atoms with E-state index in [2.05, 4.69) is 15.6 Å². The van der Waals surface area contributed by atoms with Gasteiger partial charge in [0.15, 0.2) is 0 Å². The fraction of sp³-hybridized carbons (Fsp3) is 0.310. The highest BCUT2D eigenvalue weighted by Gasteiger charge is 2.39. The van der Waals surface area contributed by atoms with Crippen molar-refractivity contribution in [1.82, 2.24) is 15.2 Å². The van der Waals surface area contributed by atoms with Crippen molar-refractivity contribution in [2.75, 3.05) is 18.4 Å². The third kappa shape index (κ3) is 5.15. The van der Waals surface area contributed by atoms with E-state index in [1.807, 2.05) is 60.4 Å². The van der Waals surface area contributed by atoms with Crippen molar-refractivity contribution in [2.45, 2.75) is 38.6 Å². The number of nitrogens with one attached hydrogen (secondary N) is 2. The second-order valence-electron chi connectivity index (χ2n) is 9.69. The first-order chi connectivity index (χ1) is 17.5. The van der Waals surface area contributed by atoms with Crippen molar-refractivity contribution in [3.05, 3.63) is 94.8 Å². The third-order valence-electron chi connectivity index (χ3n) is 7.20. The monoisotopic (exact) mass is 482 g/mol. The van der Waals surface area contributed by atoms with Gasteiger partial charge in [-0.1, -0.05) is 35.9 Å². The number of carbonyl (C=O) groups excluding carboxylic acids is 3. The Morgan fingerprint density at radius 3 is 2.56 bits per heavy atom. The van der Waals surface area contributed by atoms with Crippen molar-refractivity contribution in [1.29, 1.82) is 0 Å². The maximum absolute atomic E-state index is 12.9. The zero-order chi connectivity index (χ0) is 25.1. The van der Waals surface area contributed by atoms with E-state index in [1.54, 1.807) is 18.5 Å². The summed E-state index contributed by atoms with van der Waals surface area (Å²) in [7, 11) is 0. The van der Waals surface area contributed by atoms with Gasteiger partial charge in [-0.2, -0.15) is 0 Å². The number of pyridine rings is 1. The minimum Gasteiger partial charge on any atom is -0.348 e. The summed E-state index contributed by atoms with van der Waals surface area (Å²) in [5, 5.41) is 5.91. The predicted octanol–water partition coefficient (Wildman–Crippen LogP) is 3.84. The maximum atomic E-state index is 12.9. The quantitative estimate of drug-likeness (QED) is 0.559. The zero-order valence-electron chi connectivity index (χ0n) is 20.4. The molecule has 1 unspecified atom stereocenters. The van der Waals surface area contributed by atoms with Gasteiger partial charge in [-0.3, -0.25) is 19.4 Å². The van der Waals surface area contributed by atoms with E-state index in [1.165, 1.54) is 5.56 Å². The Labute approximate surface area is 210 Å². The lowest BCUT2D eigenvalue weighted by molar-refractivity contribution is -0.132. The Balaban J connectivity index is 1.22. The fourth-order valence-electron chi connectivity index (χ4n) is 5.16. The molecule has 2 aliphatic heterocycles. The molecule has 0 saturated carbocycles. The van der Waals surface area contributed by atoms with Gasteiger partial charge in [-0.15, -0.1) is 0 Å². The molecule has 1 aromatic heterocycles. The Bertz CT molecular complexity index is 1270. The molecule has 36 heavy (non-hydrogen) atoms. The SMILES string of the molecule is Cc1ccc(CC(=O)N2CCC(C3C(=O)Nc4ccc(C(=O)NCc5cccnc5)cc43)CC2)cc1. The topological polar surface area (TPSA) is 91.4 Å². The standard InChI is InChI=1S/C29H30N4O3/c1-19-4-6-20(7-5-19)15-26(34)33-13-10-22(11-14-33)27-24-16-23(8-9-25(24)32-29(27)36)28(35)31-18-21-3-2-12-30-17-21/h2-9,12,16-17,22,27H,10-11,13-15,18H2,1H3,(H,31,35)(H,32,36). The van der Waals surface area contributed by atoms with Crippen LogP contribution in [-0.4, -0.2) is 40.7 Å². The number of anilines is 1. The van der Waals surface area contributed by atoms with Gasteiger partial charge in [-0.25, -0.2) is 0 Å². The maximum Gasteiger partial charge on any atom is 0.251 e. The van der Waals surface area contributed by atoms with Crippen LogP contribution >= 0.6 is 0 Å². The van der Waals surface area contributed by atoms with Crippen molar-refractivity contribution in [3.63, 3.8) is 0 Å². The van der Waals surface area contributed by atoms with Gasteiger partial charge < -0.3 is 15.5 Å². The van der Waals surface area contributed by atoms with Crippen molar-refractivity contribution >= 4 is 23.4 Å². The Kier molecular flexibility index (Phi) is 6.80. The average molecular weight is 483 g/mol. The molecule has 0 aliphatic carbocycles. The van der Waals surface area contributed by atoms with Gasteiger partial charge in [0.1, 0.15) is 0 Å². The summed E-state index contributed by atoms with van der Waals surface area (Å²) in [5.74, 6) is -0.261. The van der Waals surface area contributed by atoms with Crippen molar-refractivity contribution in [3.8, 4) is 0 Å². The molecule has 2 N–H and O–H groups in total. The van der Waals surface area contributed by atoms with E-state index < -0.39 is 0 Å². The van der Waals surface area contributed by atoms with Gasteiger partial charge >= 0.3 is 0 Å². The average Bonchev–Trinajstić information content (AvgIpc) is 3.24. The molecule has 1 atom stereocenters. The number of piperidine rings is 1. The molecule has 2 aliphatic rings. The number of carbonyl (C=O) groups is 3. The summed E-state index contributed by atoms with van der Waals surface area (Å²) in [5.41, 5.74) is 5.29. The highest BCUT2D eigenvalue weighted by Crippen LogP contribution is 2.41. The summed E-state index contributed by atoms with van der Waals surface area (Å²) in [4.78, 5) is 44.5. The zero-order valence-corrected chi connectivity index (χ0v) is 20.4. The number of amides is 3. The highest BCUT2D eigenvalue weighted by atomic mass is 16.2. The van der Waals surface area contributed by atoms with Crippen LogP contribution in [-0.2, 0) is 22.6 Å². The van der Waals surface area contributed by atoms with Crippen LogP contribution in [0.5, 0.6) is 0 Å². The fourth-order valence-corrected chi connectivity index (χ4v) is 5.16. The highest BCUT2D eigenvalue weighted by molar-refractivity contribution is 6.04. The number of aryl methyl sites for hydroxylation is 1. The normalized spacial score (nSPS) is 17.4. The lowest BCUT2D eigenvalue weighted by Gasteiger charge is -2.34. The number of rotatable bonds is 6. The second-order valence-corrected chi connectivity index (χ2v) is 9.69. The molecular formula is C29H30N4O3. The molecule has 0 bridgehead atoms. The molecular weight excluding hydrogens is 452 g/mol. The molecule has 3 aromatic rings. The van der Waals surface area contributed by atoms with Crippen LogP contribution in [0.3, 0.4) is 0 Å². The van der Waals surface area contributed by atoms with Crippen LogP contribution in [0.4, 0.5) is 5.69 Å². The van der Waals surface area contributed by atoms with E-state index >= 15 is 0 Å². The number of hydrogen-bond donors (Lipinski definition) is 2. The van der Waals surface area contributed by atoms with Crippen molar-refractivity contribution in [2.24, 2.45) is 5.92 Å². The number of benzene rings is 2. The number of hydrogen-bond acceptors (Lipinski definition) is 4. The largest absolute Gasteiger partial charge is 0.348 e. The molecule has 3 amide bonds. The smallest absolute Gasteiger partial charge is 0.251 e. The van der Waals surface area contributed by atoms with Gasteiger partial charge in [0.05, 0.1) is 12.3 Å². The first-order valence-corrected chi connectivity index (χ1v) is 12.4. The molecule has 1 fully saturated rings.